The van der Waals surface area contributed by atoms with Crippen LogP contribution in [0.5, 0.6) is 5.75 Å². The van der Waals surface area contributed by atoms with Gasteiger partial charge in [0.05, 0.1) is 18.4 Å². The molecule has 0 aromatic heterocycles. The van der Waals surface area contributed by atoms with Crippen LogP contribution in [0.25, 0.3) is 0 Å². The van der Waals surface area contributed by atoms with E-state index in [0.717, 1.165) is 25.3 Å². The molecule has 0 bridgehead atoms. The number of hydrogen-bond acceptors (Lipinski definition) is 4. The first-order valence-corrected chi connectivity index (χ1v) is 10.5. The van der Waals surface area contributed by atoms with Gasteiger partial charge in [-0.1, -0.05) is 30.3 Å². The van der Waals surface area contributed by atoms with Gasteiger partial charge in [0.15, 0.2) is 0 Å². The maximum absolute atomic E-state index is 12.8. The predicted molar refractivity (Wildman–Crippen MR) is 109 cm³/mol. The van der Waals surface area contributed by atoms with Crippen molar-refractivity contribution in [3.63, 3.8) is 0 Å². The lowest BCUT2D eigenvalue weighted by molar-refractivity contribution is -0.120. The highest BCUT2D eigenvalue weighted by molar-refractivity contribution is 8.01. The van der Waals surface area contributed by atoms with Crippen molar-refractivity contribution in [3.8, 4) is 5.75 Å². The van der Waals surface area contributed by atoms with Gasteiger partial charge < -0.3 is 10.1 Å². The third-order valence-corrected chi connectivity index (χ3v) is 6.79. The maximum atomic E-state index is 12.8. The van der Waals surface area contributed by atoms with Gasteiger partial charge in [0.25, 0.3) is 0 Å². The molecule has 1 amide bonds. The monoisotopic (exact) mass is 382 g/mol. The van der Waals surface area contributed by atoms with Gasteiger partial charge in [-0.25, -0.2) is 0 Å². The van der Waals surface area contributed by atoms with Crippen molar-refractivity contribution in [1.29, 1.82) is 0 Å². The fourth-order valence-corrected chi connectivity index (χ4v) is 5.22. The summed E-state index contributed by atoms with van der Waals surface area (Å²) in [5.74, 6) is 1.01. The normalized spacial score (nSPS) is 20.3. The number of amides is 1. The van der Waals surface area contributed by atoms with Gasteiger partial charge in [0.2, 0.25) is 5.91 Å². The molecule has 5 heteroatoms. The molecule has 2 aromatic rings. The van der Waals surface area contributed by atoms with Crippen molar-refractivity contribution >= 4 is 17.7 Å². The zero-order valence-corrected chi connectivity index (χ0v) is 16.5. The Balaban J connectivity index is 1.43. The molecule has 142 valence electrons. The number of thioether (sulfide) groups is 1. The number of benzene rings is 2. The van der Waals surface area contributed by atoms with Crippen molar-refractivity contribution in [2.75, 3.05) is 26.7 Å². The Hall–Kier alpha value is -1.98. The van der Waals surface area contributed by atoms with Crippen LogP contribution in [0.15, 0.2) is 53.4 Å². The fraction of sp³-hybridized carbons (Fsp3) is 0.409. The summed E-state index contributed by atoms with van der Waals surface area (Å²) in [6, 6.07) is 16.7. The molecule has 0 radical (unpaired) electrons. The molecule has 4 rings (SSSR count). The number of methoxy groups -OCH3 is 1. The number of rotatable bonds is 6. The standard InChI is InChI=1S/C22H26N2O2S/c1-26-18-9-6-8-16(13-18)19(24-11-4-5-12-24)15-23-22(25)21-14-17-7-2-3-10-20(17)27-21/h2-3,6-10,13,19,21H,4-5,11-12,14-15H2,1H3,(H,23,25)/t19-,21-/m1/s1. The minimum atomic E-state index is -0.0214. The Labute approximate surface area is 165 Å². The third kappa shape index (κ3) is 4.14. The molecule has 0 aliphatic carbocycles. The van der Waals surface area contributed by atoms with E-state index in [1.807, 2.05) is 24.3 Å². The average molecular weight is 383 g/mol. The van der Waals surface area contributed by atoms with Crippen LogP contribution in [0, 0.1) is 0 Å². The number of ether oxygens (including phenoxy) is 1. The first-order chi connectivity index (χ1) is 13.2. The van der Waals surface area contributed by atoms with Crippen LogP contribution in [0.1, 0.15) is 30.0 Å². The molecule has 1 saturated heterocycles. The highest BCUT2D eigenvalue weighted by Crippen LogP contribution is 2.37. The number of fused-ring (bicyclic) bond motifs is 1. The van der Waals surface area contributed by atoms with Crippen LogP contribution < -0.4 is 10.1 Å². The summed E-state index contributed by atoms with van der Waals surface area (Å²) in [6.07, 6.45) is 3.27. The van der Waals surface area contributed by atoms with E-state index >= 15 is 0 Å². The molecular formula is C22H26N2O2S. The van der Waals surface area contributed by atoms with E-state index in [1.54, 1.807) is 18.9 Å². The number of hydrogen-bond donors (Lipinski definition) is 1. The second-order valence-electron chi connectivity index (χ2n) is 7.20. The van der Waals surface area contributed by atoms with E-state index < -0.39 is 0 Å². The van der Waals surface area contributed by atoms with E-state index in [9.17, 15) is 4.79 Å². The largest absolute Gasteiger partial charge is 0.497 e. The number of nitrogens with one attached hydrogen (secondary N) is 1. The summed E-state index contributed by atoms with van der Waals surface area (Å²) < 4.78 is 5.40. The molecule has 2 aliphatic heterocycles. The lowest BCUT2D eigenvalue weighted by atomic mass is 10.0. The fourth-order valence-electron chi connectivity index (χ4n) is 4.00. The summed E-state index contributed by atoms with van der Waals surface area (Å²) in [5.41, 5.74) is 2.49. The predicted octanol–water partition coefficient (Wildman–Crippen LogP) is 3.67. The summed E-state index contributed by atoms with van der Waals surface area (Å²) in [4.78, 5) is 16.5. The summed E-state index contributed by atoms with van der Waals surface area (Å²) in [7, 11) is 1.70. The highest BCUT2D eigenvalue weighted by atomic mass is 32.2. The van der Waals surface area contributed by atoms with E-state index in [-0.39, 0.29) is 17.2 Å². The Bertz CT molecular complexity index is 779. The Morgan fingerprint density at radius 2 is 2.04 bits per heavy atom. The number of carbonyl (C=O) groups excluding carboxylic acids is 1. The molecule has 27 heavy (non-hydrogen) atoms. The van der Waals surface area contributed by atoms with Crippen LogP contribution in [0.4, 0.5) is 0 Å². The summed E-state index contributed by atoms with van der Waals surface area (Å²) in [5, 5.41) is 3.21. The second-order valence-corrected chi connectivity index (χ2v) is 8.44. The van der Waals surface area contributed by atoms with Crippen LogP contribution in [-0.2, 0) is 11.2 Å². The van der Waals surface area contributed by atoms with E-state index in [1.165, 1.54) is 28.9 Å². The minimum absolute atomic E-state index is 0.0214. The first kappa shape index (κ1) is 18.4. The smallest absolute Gasteiger partial charge is 0.233 e. The topological polar surface area (TPSA) is 41.6 Å². The minimum Gasteiger partial charge on any atom is -0.497 e. The molecule has 2 aliphatic rings. The van der Waals surface area contributed by atoms with Gasteiger partial charge >= 0.3 is 0 Å². The zero-order chi connectivity index (χ0) is 18.6. The van der Waals surface area contributed by atoms with Crippen LogP contribution in [-0.4, -0.2) is 42.8 Å². The van der Waals surface area contributed by atoms with Crippen LogP contribution in [0.3, 0.4) is 0 Å². The van der Waals surface area contributed by atoms with Crippen molar-refractivity contribution in [2.45, 2.75) is 35.4 Å². The number of likely N-dealkylation sites (tertiary alicyclic amines) is 1. The molecule has 1 N–H and O–H groups in total. The average Bonchev–Trinajstić information content (AvgIpc) is 3.38. The molecule has 2 heterocycles. The molecule has 0 saturated carbocycles. The second kappa shape index (κ2) is 8.36. The van der Waals surface area contributed by atoms with Gasteiger partial charge in [-0.05, 0) is 61.7 Å². The van der Waals surface area contributed by atoms with Crippen LogP contribution in [0.2, 0.25) is 0 Å². The van der Waals surface area contributed by atoms with Gasteiger partial charge in [-0.2, -0.15) is 0 Å². The molecule has 2 atom stereocenters. The molecule has 0 spiro atoms. The van der Waals surface area contributed by atoms with Crippen molar-refractivity contribution in [2.24, 2.45) is 0 Å². The zero-order valence-electron chi connectivity index (χ0n) is 15.7. The third-order valence-electron chi connectivity index (χ3n) is 5.47. The molecule has 2 aromatic carbocycles. The van der Waals surface area contributed by atoms with Gasteiger partial charge in [-0.3, -0.25) is 9.69 Å². The van der Waals surface area contributed by atoms with E-state index in [2.05, 4.69) is 34.5 Å². The van der Waals surface area contributed by atoms with Gasteiger partial charge in [0, 0.05) is 11.4 Å². The SMILES string of the molecule is COc1cccc([C@@H](CNC(=O)[C@H]2Cc3ccccc3S2)N2CCCC2)c1. The quantitative estimate of drug-likeness (QED) is 0.828. The number of carbonyl (C=O) groups is 1. The van der Waals surface area contributed by atoms with Crippen molar-refractivity contribution in [1.82, 2.24) is 10.2 Å². The summed E-state index contributed by atoms with van der Waals surface area (Å²) in [6.45, 7) is 2.81. The number of nitrogens with zero attached hydrogens (tertiary/aromatic N) is 1. The molecular weight excluding hydrogens is 356 g/mol. The Morgan fingerprint density at radius 1 is 1.22 bits per heavy atom. The maximum Gasteiger partial charge on any atom is 0.233 e. The van der Waals surface area contributed by atoms with Crippen LogP contribution >= 0.6 is 11.8 Å². The lowest BCUT2D eigenvalue weighted by Gasteiger charge is -2.29. The molecule has 4 nitrogen and oxygen atoms in total. The first-order valence-electron chi connectivity index (χ1n) is 9.65. The Kier molecular flexibility index (Phi) is 5.69. The molecule has 1 fully saturated rings. The van der Waals surface area contributed by atoms with Gasteiger partial charge in [0.1, 0.15) is 5.75 Å². The lowest BCUT2D eigenvalue weighted by Crippen LogP contribution is -2.40. The summed E-state index contributed by atoms with van der Waals surface area (Å²) >= 11 is 1.68. The van der Waals surface area contributed by atoms with Crippen molar-refractivity contribution < 1.29 is 9.53 Å². The van der Waals surface area contributed by atoms with E-state index in [0.29, 0.717) is 6.54 Å². The highest BCUT2D eigenvalue weighted by Gasteiger charge is 2.30. The Morgan fingerprint density at radius 3 is 2.81 bits per heavy atom. The van der Waals surface area contributed by atoms with Crippen molar-refractivity contribution in [3.05, 3.63) is 59.7 Å². The van der Waals surface area contributed by atoms with E-state index in [4.69, 9.17) is 4.74 Å². The molecule has 0 unspecified atom stereocenters. The van der Waals surface area contributed by atoms with Gasteiger partial charge in [-0.15, -0.1) is 11.8 Å².